The van der Waals surface area contributed by atoms with Crippen molar-refractivity contribution in [2.45, 2.75) is 39.0 Å². The number of pyridine rings is 1. The number of rotatable bonds is 6. The molecule has 0 aromatic carbocycles. The zero-order valence-corrected chi connectivity index (χ0v) is 12.6. The Morgan fingerprint density at radius 3 is 2.38 bits per heavy atom. The highest BCUT2D eigenvalue weighted by Gasteiger charge is 2.24. The average Bonchev–Trinajstić information content (AvgIpc) is 2.33. The molecule has 0 bridgehead atoms. The third-order valence-electron chi connectivity index (χ3n) is 3.12. The maximum Gasteiger partial charge on any atom is 0.269 e. The molecule has 0 atom stereocenters. The Balaban J connectivity index is 3.67. The van der Waals surface area contributed by atoms with E-state index < -0.39 is 33.2 Å². The third kappa shape index (κ3) is 3.82. The predicted octanol–water partition coefficient (Wildman–Crippen LogP) is 0.149. The fraction of sp³-hybridized carbons (Fsp3) is 0.500. The quantitative estimate of drug-likeness (QED) is 0.638. The molecule has 1 aromatic rings. The Morgan fingerprint density at radius 2 is 1.95 bits per heavy atom. The number of hydrogen-bond acceptors (Lipinski definition) is 5. The van der Waals surface area contributed by atoms with Crippen molar-refractivity contribution in [3.8, 4) is 5.88 Å². The van der Waals surface area contributed by atoms with Gasteiger partial charge in [0.15, 0.2) is 5.88 Å². The number of unbranched alkanes of at least 4 members (excludes halogenated alkanes) is 1. The fourth-order valence-corrected chi connectivity index (χ4v) is 2.75. The number of aromatic hydroxyl groups is 1. The highest BCUT2D eigenvalue weighted by Crippen LogP contribution is 2.24. The highest BCUT2D eigenvalue weighted by molar-refractivity contribution is 7.85. The maximum atomic E-state index is 12.2. The molecule has 1 rings (SSSR count). The molecule has 0 fully saturated rings. The van der Waals surface area contributed by atoms with Crippen LogP contribution in [-0.4, -0.2) is 28.6 Å². The van der Waals surface area contributed by atoms with E-state index >= 15 is 0 Å². The Kier molecular flexibility index (Phi) is 5.13. The molecule has 0 unspecified atom stereocenters. The minimum Gasteiger partial charge on any atom is -0.494 e. The summed E-state index contributed by atoms with van der Waals surface area (Å²) in [5.74, 6) is -2.50. The van der Waals surface area contributed by atoms with E-state index in [-0.39, 0.29) is 23.2 Å². The first-order chi connectivity index (χ1) is 9.60. The van der Waals surface area contributed by atoms with E-state index in [4.69, 9.17) is 10.3 Å². The molecule has 21 heavy (non-hydrogen) atoms. The number of aromatic nitrogens is 1. The van der Waals surface area contributed by atoms with E-state index in [1.807, 2.05) is 6.92 Å². The lowest BCUT2D eigenvalue weighted by molar-refractivity contribution is 0.0997. The lowest BCUT2D eigenvalue weighted by atomic mass is 10.1. The van der Waals surface area contributed by atoms with Gasteiger partial charge in [-0.15, -0.1) is 0 Å². The van der Waals surface area contributed by atoms with E-state index in [2.05, 4.69) is 0 Å². The van der Waals surface area contributed by atoms with Gasteiger partial charge >= 0.3 is 0 Å². The van der Waals surface area contributed by atoms with Crippen molar-refractivity contribution in [2.24, 2.45) is 5.73 Å². The molecule has 0 saturated heterocycles. The van der Waals surface area contributed by atoms with Gasteiger partial charge in [0, 0.05) is 12.1 Å². The second-order valence-electron chi connectivity index (χ2n) is 4.70. The van der Waals surface area contributed by atoms with Crippen molar-refractivity contribution in [3.63, 3.8) is 0 Å². The van der Waals surface area contributed by atoms with Crippen LogP contribution in [0.25, 0.3) is 0 Å². The van der Waals surface area contributed by atoms with E-state index in [1.54, 1.807) is 0 Å². The molecule has 1 heterocycles. The Morgan fingerprint density at radius 1 is 1.38 bits per heavy atom. The zero-order chi connectivity index (χ0) is 16.4. The normalized spacial score (nSPS) is 11.6. The summed E-state index contributed by atoms with van der Waals surface area (Å²) < 4.78 is 31.9. The standard InChI is InChI=1S/C12H18N2O6S/c1-3-4-5-14-11(16)8(6-21(18,19)20)7(2)9(10(13)15)12(14)17/h16H,3-6H2,1-2H3,(H2,13,15)(H,18,19,20). The number of nitrogens with two attached hydrogens (primary N) is 1. The van der Waals surface area contributed by atoms with Crippen molar-refractivity contribution in [1.82, 2.24) is 4.57 Å². The fourth-order valence-electron chi connectivity index (χ4n) is 2.04. The molecular formula is C12H18N2O6S. The summed E-state index contributed by atoms with van der Waals surface area (Å²) in [5, 5.41) is 10.1. The maximum absolute atomic E-state index is 12.2. The molecule has 118 valence electrons. The summed E-state index contributed by atoms with van der Waals surface area (Å²) in [7, 11) is -4.44. The van der Waals surface area contributed by atoms with Gasteiger partial charge in [-0.2, -0.15) is 8.42 Å². The van der Waals surface area contributed by atoms with Gasteiger partial charge in [0.2, 0.25) is 0 Å². The molecule has 0 aliphatic rings. The minimum absolute atomic E-state index is 0.0460. The third-order valence-corrected chi connectivity index (χ3v) is 3.77. The molecule has 0 spiro atoms. The van der Waals surface area contributed by atoms with Crippen molar-refractivity contribution in [2.75, 3.05) is 0 Å². The number of nitrogens with zero attached hydrogens (tertiary/aromatic N) is 1. The van der Waals surface area contributed by atoms with E-state index in [0.717, 1.165) is 11.0 Å². The van der Waals surface area contributed by atoms with Crippen LogP contribution < -0.4 is 11.3 Å². The number of carbonyl (C=O) groups excluding carboxylic acids is 1. The zero-order valence-electron chi connectivity index (χ0n) is 11.8. The van der Waals surface area contributed by atoms with Crippen molar-refractivity contribution in [3.05, 3.63) is 27.0 Å². The molecule has 4 N–H and O–H groups in total. The van der Waals surface area contributed by atoms with E-state index in [9.17, 15) is 23.1 Å². The van der Waals surface area contributed by atoms with Gasteiger partial charge in [-0.25, -0.2) is 0 Å². The number of primary amides is 1. The van der Waals surface area contributed by atoms with Gasteiger partial charge in [-0.05, 0) is 18.9 Å². The Bertz CT molecular complexity index is 720. The summed E-state index contributed by atoms with van der Waals surface area (Å²) in [5.41, 5.74) is 3.74. The molecule has 0 aliphatic heterocycles. The first kappa shape index (κ1) is 17.2. The molecule has 0 radical (unpaired) electrons. The van der Waals surface area contributed by atoms with Gasteiger partial charge in [0.05, 0.1) is 0 Å². The van der Waals surface area contributed by atoms with Crippen LogP contribution in [0.3, 0.4) is 0 Å². The van der Waals surface area contributed by atoms with Crippen LogP contribution in [-0.2, 0) is 22.4 Å². The Hall–Kier alpha value is -1.87. The van der Waals surface area contributed by atoms with Crippen molar-refractivity contribution in [1.29, 1.82) is 0 Å². The molecule has 9 heteroatoms. The summed E-state index contributed by atoms with van der Waals surface area (Å²) in [6.07, 6.45) is 1.26. The van der Waals surface area contributed by atoms with Crippen LogP contribution in [0.5, 0.6) is 5.88 Å². The lowest BCUT2D eigenvalue weighted by Crippen LogP contribution is -2.32. The molecule has 0 aliphatic carbocycles. The van der Waals surface area contributed by atoms with E-state index in [1.165, 1.54) is 6.92 Å². The second kappa shape index (κ2) is 6.27. The molecule has 8 nitrogen and oxygen atoms in total. The molecule has 0 saturated carbocycles. The van der Waals surface area contributed by atoms with Crippen LogP contribution >= 0.6 is 0 Å². The van der Waals surface area contributed by atoms with E-state index in [0.29, 0.717) is 6.42 Å². The smallest absolute Gasteiger partial charge is 0.269 e. The molecular weight excluding hydrogens is 300 g/mol. The summed E-state index contributed by atoms with van der Waals surface area (Å²) in [4.78, 5) is 23.6. The lowest BCUT2D eigenvalue weighted by Gasteiger charge is -2.16. The van der Waals surface area contributed by atoms with Gasteiger partial charge in [-0.1, -0.05) is 13.3 Å². The van der Waals surface area contributed by atoms with Gasteiger partial charge in [-0.3, -0.25) is 18.7 Å². The summed E-state index contributed by atoms with van der Waals surface area (Å²) in [6, 6.07) is 0. The van der Waals surface area contributed by atoms with Crippen LogP contribution in [0.4, 0.5) is 0 Å². The largest absolute Gasteiger partial charge is 0.494 e. The van der Waals surface area contributed by atoms with Crippen LogP contribution in [0.2, 0.25) is 0 Å². The van der Waals surface area contributed by atoms with Crippen molar-refractivity contribution >= 4 is 16.0 Å². The Labute approximate surface area is 122 Å². The number of carbonyl (C=O) groups is 1. The second-order valence-corrected chi connectivity index (χ2v) is 6.16. The first-order valence-corrected chi connectivity index (χ1v) is 7.91. The predicted molar refractivity (Wildman–Crippen MR) is 75.8 cm³/mol. The molecule has 1 amide bonds. The number of hydrogen-bond donors (Lipinski definition) is 3. The first-order valence-electron chi connectivity index (χ1n) is 6.30. The topological polar surface area (TPSA) is 140 Å². The van der Waals surface area contributed by atoms with Crippen LogP contribution in [0, 0.1) is 6.92 Å². The minimum atomic E-state index is -4.44. The average molecular weight is 318 g/mol. The summed E-state index contributed by atoms with van der Waals surface area (Å²) in [6.45, 7) is 3.27. The van der Waals surface area contributed by atoms with Crippen molar-refractivity contribution < 1.29 is 22.9 Å². The monoisotopic (exact) mass is 318 g/mol. The van der Waals surface area contributed by atoms with Gasteiger partial charge in [0.1, 0.15) is 11.3 Å². The SMILES string of the molecule is CCCCn1c(O)c(CS(=O)(=O)O)c(C)c(C(N)=O)c1=O. The van der Waals surface area contributed by atoms with Gasteiger partial charge < -0.3 is 10.8 Å². The molecule has 1 aromatic heterocycles. The number of amides is 1. The van der Waals surface area contributed by atoms with Crippen LogP contribution in [0.1, 0.15) is 41.3 Å². The highest BCUT2D eigenvalue weighted by atomic mass is 32.2. The van der Waals surface area contributed by atoms with Crippen LogP contribution in [0.15, 0.2) is 4.79 Å². The van der Waals surface area contributed by atoms with Gasteiger partial charge in [0.25, 0.3) is 21.6 Å². The summed E-state index contributed by atoms with van der Waals surface area (Å²) >= 11 is 0.